The first-order valence-corrected chi connectivity index (χ1v) is 9.19. The second-order valence-electron chi connectivity index (χ2n) is 7.02. The van der Waals surface area contributed by atoms with Crippen molar-refractivity contribution in [3.05, 3.63) is 88.2 Å². The van der Waals surface area contributed by atoms with Gasteiger partial charge in [-0.2, -0.15) is 26.3 Å². The van der Waals surface area contributed by atoms with E-state index in [1.165, 1.54) is 47.9 Å². The van der Waals surface area contributed by atoms with Crippen LogP contribution in [-0.4, -0.2) is 10.5 Å². The van der Waals surface area contributed by atoms with Gasteiger partial charge in [-0.25, -0.2) is 0 Å². The zero-order valence-electron chi connectivity index (χ0n) is 16.5. The van der Waals surface area contributed by atoms with E-state index in [2.05, 4.69) is 5.32 Å². The van der Waals surface area contributed by atoms with Gasteiger partial charge >= 0.3 is 12.4 Å². The van der Waals surface area contributed by atoms with Crippen LogP contribution in [0.4, 0.5) is 26.3 Å². The molecule has 164 valence electrons. The van der Waals surface area contributed by atoms with E-state index in [0.717, 1.165) is 18.2 Å². The molecule has 0 saturated heterocycles. The molecule has 3 aromatic rings. The van der Waals surface area contributed by atoms with Crippen LogP contribution in [0.2, 0.25) is 0 Å². The quantitative estimate of drug-likeness (QED) is 0.492. The predicted molar refractivity (Wildman–Crippen MR) is 103 cm³/mol. The first kappa shape index (κ1) is 22.5. The molecule has 1 aromatic heterocycles. The molecule has 0 fully saturated rings. The highest BCUT2D eigenvalue weighted by molar-refractivity contribution is 5.95. The summed E-state index contributed by atoms with van der Waals surface area (Å²) in [6.07, 6.45) is -9.08. The normalized spacial score (nSPS) is 12.1. The second-order valence-corrected chi connectivity index (χ2v) is 7.02. The van der Waals surface area contributed by atoms with Gasteiger partial charge in [0.1, 0.15) is 0 Å². The van der Waals surface area contributed by atoms with Crippen LogP contribution >= 0.6 is 0 Å². The number of halogens is 6. The van der Waals surface area contributed by atoms with E-state index >= 15 is 0 Å². The van der Waals surface area contributed by atoms with Crippen molar-refractivity contribution in [3.8, 4) is 5.69 Å². The lowest BCUT2D eigenvalue weighted by molar-refractivity contribution is -0.138. The van der Waals surface area contributed by atoms with E-state index in [0.29, 0.717) is 5.69 Å². The summed E-state index contributed by atoms with van der Waals surface area (Å²) >= 11 is 0. The molecular weight excluding hydrogens is 422 g/mol. The van der Waals surface area contributed by atoms with Gasteiger partial charge in [-0.05, 0) is 49.7 Å². The third-order valence-corrected chi connectivity index (χ3v) is 4.83. The molecular formula is C22H18F6N2O. The Morgan fingerprint density at radius 3 is 2.23 bits per heavy atom. The number of aryl methyl sites for hydroxylation is 1. The lowest BCUT2D eigenvalue weighted by Gasteiger charge is -2.17. The summed E-state index contributed by atoms with van der Waals surface area (Å²) in [5, 5.41) is 2.53. The molecule has 9 heteroatoms. The molecule has 1 amide bonds. The van der Waals surface area contributed by atoms with Crippen LogP contribution in [0.3, 0.4) is 0 Å². The highest BCUT2D eigenvalue weighted by atomic mass is 19.4. The number of alkyl halides is 6. The van der Waals surface area contributed by atoms with Crippen LogP contribution in [-0.2, 0) is 18.9 Å². The average molecular weight is 440 g/mol. The SMILES string of the molecule is Cc1cc(C(=O)NCc2cccc(C(F)(F)F)c2)c(C)n1-c1ccccc1C(F)(F)F. The number of amides is 1. The number of nitrogens with one attached hydrogen (secondary N) is 1. The van der Waals surface area contributed by atoms with Crippen LogP contribution in [0.5, 0.6) is 0 Å². The van der Waals surface area contributed by atoms with E-state index in [1.54, 1.807) is 6.92 Å². The van der Waals surface area contributed by atoms with Crippen molar-refractivity contribution in [3.63, 3.8) is 0 Å². The zero-order chi connectivity index (χ0) is 23.0. The maximum absolute atomic E-state index is 13.4. The summed E-state index contributed by atoms with van der Waals surface area (Å²) in [5.41, 5.74) is -0.689. The summed E-state index contributed by atoms with van der Waals surface area (Å²) < 4.78 is 80.1. The molecule has 1 heterocycles. The van der Waals surface area contributed by atoms with E-state index in [-0.39, 0.29) is 29.1 Å². The van der Waals surface area contributed by atoms with Crippen LogP contribution in [0.1, 0.15) is 38.4 Å². The molecule has 0 aliphatic carbocycles. The van der Waals surface area contributed by atoms with Crippen molar-refractivity contribution >= 4 is 5.91 Å². The molecule has 3 nitrogen and oxygen atoms in total. The van der Waals surface area contributed by atoms with Crippen molar-refractivity contribution in [1.29, 1.82) is 0 Å². The van der Waals surface area contributed by atoms with Gasteiger partial charge in [-0.3, -0.25) is 4.79 Å². The predicted octanol–water partition coefficient (Wildman–Crippen LogP) is 6.06. The van der Waals surface area contributed by atoms with Gasteiger partial charge in [0.25, 0.3) is 5.91 Å². The van der Waals surface area contributed by atoms with Gasteiger partial charge < -0.3 is 9.88 Å². The Morgan fingerprint density at radius 2 is 1.58 bits per heavy atom. The van der Waals surface area contributed by atoms with Crippen LogP contribution in [0, 0.1) is 13.8 Å². The highest BCUT2D eigenvalue weighted by Crippen LogP contribution is 2.35. The Bertz CT molecular complexity index is 1110. The van der Waals surface area contributed by atoms with Gasteiger partial charge in [0, 0.05) is 17.9 Å². The summed E-state index contributed by atoms with van der Waals surface area (Å²) in [6, 6.07) is 11.0. The molecule has 0 aliphatic heterocycles. The standard InChI is InChI=1S/C22H18F6N2O/c1-13-10-17(14(2)30(13)19-9-4-3-8-18(19)22(26,27)28)20(31)29-12-15-6-5-7-16(11-15)21(23,24)25/h3-11H,12H2,1-2H3,(H,29,31). The minimum atomic E-state index is -4.58. The Morgan fingerprint density at radius 1 is 0.903 bits per heavy atom. The molecule has 0 unspecified atom stereocenters. The summed E-state index contributed by atoms with van der Waals surface area (Å²) in [5.74, 6) is -0.596. The lowest BCUT2D eigenvalue weighted by atomic mass is 10.1. The number of rotatable bonds is 4. The fourth-order valence-corrected chi connectivity index (χ4v) is 3.41. The van der Waals surface area contributed by atoms with Gasteiger partial charge in [0.2, 0.25) is 0 Å². The van der Waals surface area contributed by atoms with Crippen LogP contribution in [0.25, 0.3) is 5.69 Å². The number of nitrogens with zero attached hydrogens (tertiary/aromatic N) is 1. The Labute approximate surface area is 174 Å². The first-order valence-electron chi connectivity index (χ1n) is 9.19. The summed E-state index contributed by atoms with van der Waals surface area (Å²) in [6.45, 7) is 2.93. The zero-order valence-corrected chi connectivity index (χ0v) is 16.5. The molecule has 0 atom stereocenters. The van der Waals surface area contributed by atoms with E-state index < -0.39 is 29.4 Å². The Balaban J connectivity index is 1.87. The Kier molecular flexibility index (Phi) is 5.89. The van der Waals surface area contributed by atoms with E-state index in [4.69, 9.17) is 0 Å². The average Bonchev–Trinajstić information content (AvgIpc) is 2.99. The minimum absolute atomic E-state index is 0.109. The largest absolute Gasteiger partial charge is 0.418 e. The van der Waals surface area contributed by atoms with Crippen molar-refractivity contribution in [2.24, 2.45) is 0 Å². The van der Waals surface area contributed by atoms with Crippen LogP contribution in [0.15, 0.2) is 54.6 Å². The van der Waals surface area contributed by atoms with E-state index in [9.17, 15) is 31.1 Å². The van der Waals surface area contributed by atoms with E-state index in [1.807, 2.05) is 0 Å². The number of hydrogen-bond acceptors (Lipinski definition) is 1. The third kappa shape index (κ3) is 4.76. The molecule has 0 bridgehead atoms. The first-order chi connectivity index (χ1) is 14.4. The Hall–Kier alpha value is -3.23. The van der Waals surface area contributed by atoms with Gasteiger partial charge in [0.15, 0.2) is 0 Å². The molecule has 31 heavy (non-hydrogen) atoms. The van der Waals surface area contributed by atoms with Gasteiger partial charge in [0.05, 0.1) is 22.4 Å². The topological polar surface area (TPSA) is 34.0 Å². The van der Waals surface area contributed by atoms with Gasteiger partial charge in [-0.1, -0.05) is 24.3 Å². The van der Waals surface area contributed by atoms with Crippen molar-refractivity contribution in [1.82, 2.24) is 9.88 Å². The molecule has 0 aliphatic rings. The summed E-state index contributed by atoms with van der Waals surface area (Å²) in [7, 11) is 0. The van der Waals surface area contributed by atoms with Crippen molar-refractivity contribution < 1.29 is 31.1 Å². The second kappa shape index (κ2) is 8.13. The fraction of sp³-hybridized carbons (Fsp3) is 0.227. The number of carbonyl (C=O) groups excluding carboxylic acids is 1. The molecule has 1 N–H and O–H groups in total. The number of hydrogen-bond donors (Lipinski definition) is 1. The number of carbonyl (C=O) groups is 1. The maximum atomic E-state index is 13.4. The maximum Gasteiger partial charge on any atom is 0.418 e. The molecule has 0 spiro atoms. The lowest BCUT2D eigenvalue weighted by Crippen LogP contribution is -2.23. The van der Waals surface area contributed by atoms with Crippen molar-refractivity contribution in [2.75, 3.05) is 0 Å². The smallest absolute Gasteiger partial charge is 0.348 e. The third-order valence-electron chi connectivity index (χ3n) is 4.83. The monoisotopic (exact) mass is 440 g/mol. The minimum Gasteiger partial charge on any atom is -0.348 e. The van der Waals surface area contributed by atoms with Crippen molar-refractivity contribution in [2.45, 2.75) is 32.7 Å². The molecule has 0 saturated carbocycles. The van der Waals surface area contributed by atoms with Gasteiger partial charge in [-0.15, -0.1) is 0 Å². The molecule has 3 rings (SSSR count). The molecule has 0 radical (unpaired) electrons. The highest BCUT2D eigenvalue weighted by Gasteiger charge is 2.34. The number of aromatic nitrogens is 1. The number of para-hydroxylation sites is 1. The fourth-order valence-electron chi connectivity index (χ4n) is 3.41. The number of benzene rings is 2. The van der Waals surface area contributed by atoms with Crippen LogP contribution < -0.4 is 5.32 Å². The summed E-state index contributed by atoms with van der Waals surface area (Å²) in [4.78, 5) is 12.6. The molecule has 2 aromatic carbocycles.